The van der Waals surface area contributed by atoms with Gasteiger partial charge in [-0.1, -0.05) is 0 Å². The van der Waals surface area contributed by atoms with E-state index in [0.717, 1.165) is 0 Å². The Kier molecular flexibility index (Phi) is 15.2. The van der Waals surface area contributed by atoms with Gasteiger partial charge in [-0.2, -0.15) is 0 Å². The average Bonchev–Trinajstić information content (AvgIpc) is 4.31. The fourth-order valence-corrected chi connectivity index (χ4v) is 9.08. The van der Waals surface area contributed by atoms with Crippen LogP contribution >= 0.6 is 0 Å². The number of benzene rings is 4. The molecule has 5 heterocycles. The predicted molar refractivity (Wildman–Crippen MR) is 291 cm³/mol. The number of H-pyrrole nitrogens is 2. The van der Waals surface area contributed by atoms with Gasteiger partial charge in [-0.05, 0) is 119 Å². The lowest BCUT2D eigenvalue weighted by atomic mass is 10.0. The Balaban J connectivity index is 1.50. The minimum atomic E-state index is -0.657. The monoisotopic (exact) mass is 1080 g/mol. The number of nitrogens with zero attached hydrogens (tertiary/aromatic N) is 2. The number of fused-ring (bicyclic) bond motifs is 8. The summed E-state index contributed by atoms with van der Waals surface area (Å²) in [4.78, 5) is 117. The summed E-state index contributed by atoms with van der Waals surface area (Å²) < 4.78 is 44.6. The maximum atomic E-state index is 12.5. The smallest absolute Gasteiger partial charge is 0.308 e. The van der Waals surface area contributed by atoms with Crippen LogP contribution in [0.2, 0.25) is 0 Å². The van der Waals surface area contributed by atoms with Crippen LogP contribution in [0.1, 0.15) is 78.2 Å². The number of aromatic amines is 2. The molecule has 2 aliphatic heterocycles. The summed E-state index contributed by atoms with van der Waals surface area (Å²) in [5.74, 6) is -5.01. The van der Waals surface area contributed by atoms with Gasteiger partial charge < -0.3 is 47.9 Å². The first kappa shape index (κ1) is 54.0. The van der Waals surface area contributed by atoms with E-state index in [2.05, 4.69) is 9.97 Å². The molecule has 8 bridgehead atoms. The van der Waals surface area contributed by atoms with Gasteiger partial charge in [-0.15, -0.1) is 0 Å². The summed E-state index contributed by atoms with van der Waals surface area (Å²) in [6.45, 7) is 9.76. The number of aromatic nitrogens is 4. The van der Waals surface area contributed by atoms with Crippen molar-refractivity contribution in [2.45, 2.75) is 55.4 Å². The van der Waals surface area contributed by atoms with E-state index in [-0.39, 0.29) is 46.0 Å². The van der Waals surface area contributed by atoms with E-state index in [1.165, 1.54) is 79.7 Å². The van der Waals surface area contributed by atoms with Gasteiger partial charge in [-0.3, -0.25) is 38.4 Å². The highest BCUT2D eigenvalue weighted by molar-refractivity contribution is 6.01. The summed E-state index contributed by atoms with van der Waals surface area (Å²) in [5, 5.41) is 0. The fourth-order valence-electron chi connectivity index (χ4n) is 9.08. The molecular formula is C60H46N4O16. The zero-order chi connectivity index (χ0) is 57.1. The second-order valence-electron chi connectivity index (χ2n) is 18.0. The van der Waals surface area contributed by atoms with Gasteiger partial charge in [0.1, 0.15) is 46.0 Å². The Hall–Kier alpha value is -10.8. The molecule has 0 saturated heterocycles. The molecule has 0 unspecified atom stereocenters. The normalized spacial score (nSPS) is 11.3. The lowest BCUT2D eigenvalue weighted by Gasteiger charge is -2.12. The number of rotatable bonds is 12. The minimum absolute atomic E-state index is 0.0300. The van der Waals surface area contributed by atoms with Crippen molar-refractivity contribution in [3.63, 3.8) is 0 Å². The predicted octanol–water partition coefficient (Wildman–Crippen LogP) is 10.7. The van der Waals surface area contributed by atoms with E-state index < -0.39 is 47.8 Å². The zero-order valence-corrected chi connectivity index (χ0v) is 44.0. The van der Waals surface area contributed by atoms with Gasteiger partial charge >= 0.3 is 47.8 Å². The lowest BCUT2D eigenvalue weighted by molar-refractivity contribution is -0.133. The zero-order valence-electron chi connectivity index (χ0n) is 44.0. The van der Waals surface area contributed by atoms with E-state index in [4.69, 9.17) is 47.9 Å². The van der Waals surface area contributed by atoms with Crippen LogP contribution in [0.25, 0.3) is 90.9 Å². The number of esters is 8. The first-order valence-electron chi connectivity index (χ1n) is 24.4. The Morgan fingerprint density at radius 2 is 0.438 bits per heavy atom. The molecule has 0 aliphatic carbocycles. The quantitative estimate of drug-likeness (QED) is 0.0850. The Morgan fingerprint density at radius 3 is 0.588 bits per heavy atom. The molecule has 4 aromatic carbocycles. The third-order valence-corrected chi connectivity index (χ3v) is 11.5. The second kappa shape index (κ2) is 22.4. The van der Waals surface area contributed by atoms with Crippen molar-refractivity contribution in [1.29, 1.82) is 0 Å². The molecule has 2 aliphatic rings. The average molecular weight is 1080 g/mol. The van der Waals surface area contributed by atoms with Crippen LogP contribution in [0.5, 0.6) is 46.0 Å². The van der Waals surface area contributed by atoms with E-state index in [9.17, 15) is 38.4 Å². The first-order valence-corrected chi connectivity index (χ1v) is 24.4. The van der Waals surface area contributed by atoms with Gasteiger partial charge in [0.25, 0.3) is 0 Å². The van der Waals surface area contributed by atoms with Crippen LogP contribution in [-0.4, -0.2) is 67.7 Å². The number of hydrogen-bond donors (Lipinski definition) is 2. The molecule has 80 heavy (non-hydrogen) atoms. The minimum Gasteiger partial charge on any atom is -0.427 e. The molecule has 7 aromatic rings. The van der Waals surface area contributed by atoms with Crippen molar-refractivity contribution in [2.75, 3.05) is 0 Å². The molecular weight excluding hydrogens is 1030 g/mol. The number of hydrogen-bond acceptors (Lipinski definition) is 18. The fraction of sp³-hybridized carbons (Fsp3) is 0.133. The van der Waals surface area contributed by atoms with Crippen molar-refractivity contribution >= 4 is 94.1 Å². The number of nitrogens with one attached hydrogen (secondary N) is 2. The van der Waals surface area contributed by atoms with Gasteiger partial charge in [0.05, 0.1) is 22.8 Å². The summed E-state index contributed by atoms with van der Waals surface area (Å²) >= 11 is 0. The molecule has 0 radical (unpaired) electrons. The molecule has 0 fully saturated rings. The van der Waals surface area contributed by atoms with Crippen molar-refractivity contribution in [3.05, 3.63) is 120 Å². The molecule has 402 valence electrons. The SMILES string of the molecule is CC(=O)Oc1cc(OC(C)=O)cc(-c2c3nc(c(-c4cc(OC(C)=O)cc(OC(C)=O)c4)c4ccc([nH]4)c(-c4cc(OC(C)=O)cc(OC(C)=O)c4)c4nc(c(-c5cc(OC(C)=O)cc(OC(C)=O)c5)c5ccc2[nH]5)C=C4)C=C3)c1. The van der Waals surface area contributed by atoms with Gasteiger partial charge in [-0.25, -0.2) is 9.97 Å². The molecule has 20 nitrogen and oxygen atoms in total. The molecule has 0 atom stereocenters. The van der Waals surface area contributed by atoms with Gasteiger partial charge in [0.2, 0.25) is 0 Å². The summed E-state index contributed by atoms with van der Waals surface area (Å²) in [7, 11) is 0. The molecule has 20 heteroatoms. The number of ether oxygens (including phenoxy) is 8. The van der Waals surface area contributed by atoms with Crippen molar-refractivity contribution < 1.29 is 76.3 Å². The third-order valence-electron chi connectivity index (χ3n) is 11.5. The van der Waals surface area contributed by atoms with Crippen molar-refractivity contribution in [2.24, 2.45) is 0 Å². The van der Waals surface area contributed by atoms with Crippen LogP contribution < -0.4 is 37.9 Å². The van der Waals surface area contributed by atoms with E-state index in [0.29, 0.717) is 89.4 Å². The van der Waals surface area contributed by atoms with Crippen molar-refractivity contribution in [3.8, 4) is 90.5 Å². The summed E-state index contributed by atoms with van der Waals surface area (Å²) in [5.41, 5.74) is 5.79. The van der Waals surface area contributed by atoms with E-state index in [1.54, 1.807) is 97.1 Å². The largest absolute Gasteiger partial charge is 0.427 e. The first-order chi connectivity index (χ1) is 38.1. The Morgan fingerprint density at radius 1 is 0.275 bits per heavy atom. The van der Waals surface area contributed by atoms with E-state index in [1.807, 2.05) is 0 Å². The molecule has 0 amide bonds. The standard InChI is InChI=1S/C60H46N4O16/c1-29(65)73-41-17-37(18-42(25-41)74-30(2)66)57-49-9-11-51(61-49)58(38-19-43(75-31(3)67)26-44(20-38)76-32(4)68)53-13-15-55(63-53)60(40-23-47(79-35(7)71)28-48(24-40)80-36(8)72)56-16-14-54(64-56)59(52-12-10-50(57)62-52)39-21-45(77-33(5)69)27-46(22-39)78-34(6)70/h9-28,61,64H,1-8H3. The van der Waals surface area contributed by atoms with Gasteiger partial charge in [0.15, 0.2) is 0 Å². The summed E-state index contributed by atoms with van der Waals surface area (Å²) in [6, 6.07) is 25.1. The number of carbonyl (C=O) groups excluding carboxylic acids is 8. The lowest BCUT2D eigenvalue weighted by Crippen LogP contribution is -2.05. The van der Waals surface area contributed by atoms with Crippen LogP contribution in [0, 0.1) is 0 Å². The molecule has 0 spiro atoms. The molecule has 0 saturated carbocycles. The highest BCUT2D eigenvalue weighted by Gasteiger charge is 2.23. The maximum Gasteiger partial charge on any atom is 0.308 e. The highest BCUT2D eigenvalue weighted by atomic mass is 16.6. The summed E-state index contributed by atoms with van der Waals surface area (Å²) in [6.07, 6.45) is 6.88. The van der Waals surface area contributed by atoms with Crippen LogP contribution in [0.15, 0.2) is 97.1 Å². The maximum absolute atomic E-state index is 12.5. The molecule has 9 rings (SSSR count). The van der Waals surface area contributed by atoms with Crippen molar-refractivity contribution in [1.82, 2.24) is 19.9 Å². The highest BCUT2D eigenvalue weighted by Crippen LogP contribution is 2.43. The molecule has 2 N–H and O–H groups in total. The van der Waals surface area contributed by atoms with Crippen LogP contribution in [0.4, 0.5) is 0 Å². The van der Waals surface area contributed by atoms with Crippen LogP contribution in [-0.2, 0) is 38.4 Å². The molecule has 3 aromatic heterocycles. The Bertz CT molecular complexity index is 3420. The van der Waals surface area contributed by atoms with Gasteiger partial charge in [0, 0.05) is 124 Å². The number of carbonyl (C=O) groups is 8. The topological polar surface area (TPSA) is 268 Å². The van der Waals surface area contributed by atoms with Crippen LogP contribution in [0.3, 0.4) is 0 Å². The Labute approximate surface area is 454 Å². The second-order valence-corrected chi connectivity index (χ2v) is 18.0. The van der Waals surface area contributed by atoms with E-state index >= 15 is 0 Å². The third kappa shape index (κ3) is 12.6.